The summed E-state index contributed by atoms with van der Waals surface area (Å²) in [4.78, 5) is 57.1. The van der Waals surface area contributed by atoms with Crippen LogP contribution in [0.4, 0.5) is 5.69 Å². The van der Waals surface area contributed by atoms with Crippen molar-refractivity contribution < 1.29 is 33.8 Å². The van der Waals surface area contributed by atoms with Crippen LogP contribution < -0.4 is 45.3 Å². The van der Waals surface area contributed by atoms with E-state index in [0.29, 0.717) is 38.7 Å². The molecule has 1 aromatic heterocycles. The van der Waals surface area contributed by atoms with Gasteiger partial charge in [0.15, 0.2) is 0 Å². The number of carboxylic acid groups (broad SMARTS) is 1. The van der Waals surface area contributed by atoms with Crippen LogP contribution in [-0.4, -0.2) is 61.5 Å². The van der Waals surface area contributed by atoms with Crippen LogP contribution in [0.25, 0.3) is 16.5 Å². The Labute approximate surface area is 427 Å². The number of benzene rings is 6. The lowest BCUT2D eigenvalue weighted by Gasteiger charge is -2.39. The molecule has 0 spiro atoms. The minimum atomic E-state index is -1.30. The van der Waals surface area contributed by atoms with Crippen molar-refractivity contribution in [2.45, 2.75) is 77.8 Å². The Hall–Kier alpha value is -7.70. The topological polar surface area (TPSA) is 145 Å². The molecule has 6 heterocycles. The van der Waals surface area contributed by atoms with Crippen LogP contribution in [0.3, 0.4) is 0 Å². The fourth-order valence-electron chi connectivity index (χ4n) is 12.2. The van der Waals surface area contributed by atoms with Gasteiger partial charge in [-0.15, -0.1) is 0 Å². The first kappa shape index (κ1) is 46.4. The second-order valence-electron chi connectivity index (χ2n) is 19.9. The molecular formula is C60H54ClN5O7. The molecule has 0 saturated carbocycles. The highest BCUT2D eigenvalue weighted by atomic mass is 35.5. The number of aryl methyl sites for hydroxylation is 2. The molecule has 2 N–H and O–H groups in total. The Balaban J connectivity index is 0.799. The number of carbonyl (C=O) groups is 4. The third-order valence-corrected chi connectivity index (χ3v) is 15.8. The standard InChI is InChI=1S/C60H54ClN5O7/c1-34-46(47-30-42(72-2)20-22-51(47)66(34)59(69)37-15-18-41(61)19-16-37)31-52(67)62-32-35-11-13-36(14-12-35)33-63-58(68)40-17-21-43(60(70)71)48(29-40)53-49-27-38-7-3-23-64-25-5-9-44(54(38)64)56(49)73-57-45-10-6-26-65-24-4-8-39(55(45)65)28-50(53)57/h11-22,27-30H,3-10,23-26,31-33H2,1-2H3,(H2-,62,63,67,68,70,71). The second kappa shape index (κ2) is 18.7. The van der Waals surface area contributed by atoms with E-state index in [1.165, 1.54) is 39.4 Å². The van der Waals surface area contributed by atoms with E-state index in [4.69, 9.17) is 21.1 Å². The highest BCUT2D eigenvalue weighted by molar-refractivity contribution is 6.30. The average Bonchev–Trinajstić information content (AvgIpc) is 3.68. The first-order valence-corrected chi connectivity index (χ1v) is 25.8. The van der Waals surface area contributed by atoms with Gasteiger partial charge < -0.3 is 34.9 Å². The normalized spacial score (nSPS) is 15.1. The zero-order valence-corrected chi connectivity index (χ0v) is 41.7. The molecule has 73 heavy (non-hydrogen) atoms. The molecule has 12 rings (SSSR count). The van der Waals surface area contributed by atoms with Gasteiger partial charge in [-0.25, -0.2) is 4.58 Å². The highest BCUT2D eigenvalue weighted by Crippen LogP contribution is 2.49. The first-order valence-electron chi connectivity index (χ1n) is 25.4. The second-order valence-corrected chi connectivity index (χ2v) is 20.4. The summed E-state index contributed by atoms with van der Waals surface area (Å²) >= 11 is 6.11. The molecule has 0 radical (unpaired) electrons. The number of amides is 2. The molecule has 0 aliphatic carbocycles. The fourth-order valence-corrected chi connectivity index (χ4v) is 12.3. The van der Waals surface area contributed by atoms with Crippen molar-refractivity contribution in [1.29, 1.82) is 0 Å². The minimum absolute atomic E-state index is 0.0281. The van der Waals surface area contributed by atoms with Gasteiger partial charge in [0.1, 0.15) is 30.3 Å². The number of hydrogen-bond donors (Lipinski definition) is 2. The van der Waals surface area contributed by atoms with Crippen LogP contribution in [0, 0.1) is 6.92 Å². The number of aromatic carboxylic acids is 1. The molecule has 2 amide bonds. The largest absolute Gasteiger partial charge is 0.545 e. The maximum Gasteiger partial charge on any atom is 0.262 e. The van der Waals surface area contributed by atoms with Crippen molar-refractivity contribution in [3.05, 3.63) is 185 Å². The van der Waals surface area contributed by atoms with Gasteiger partial charge in [-0.2, -0.15) is 0 Å². The molecule has 0 fully saturated rings. The van der Waals surface area contributed by atoms with E-state index >= 15 is 0 Å². The van der Waals surface area contributed by atoms with Gasteiger partial charge in [0, 0.05) is 105 Å². The van der Waals surface area contributed by atoms with Gasteiger partial charge >= 0.3 is 0 Å². The van der Waals surface area contributed by atoms with E-state index in [-0.39, 0.29) is 42.8 Å². The van der Waals surface area contributed by atoms with E-state index in [0.717, 1.165) is 127 Å². The molecule has 5 aliphatic rings. The van der Waals surface area contributed by atoms with Crippen LogP contribution in [0.15, 0.2) is 97.1 Å². The van der Waals surface area contributed by atoms with Gasteiger partial charge in [-0.1, -0.05) is 41.9 Å². The summed E-state index contributed by atoms with van der Waals surface area (Å²) in [5.41, 5.74) is 12.9. The molecule has 0 atom stereocenters. The number of nitrogens with zero attached hydrogens (tertiary/aromatic N) is 3. The van der Waals surface area contributed by atoms with Crippen molar-refractivity contribution in [3.63, 3.8) is 0 Å². The molecule has 5 aliphatic heterocycles. The molecule has 0 bridgehead atoms. The third-order valence-electron chi connectivity index (χ3n) is 15.6. The lowest BCUT2D eigenvalue weighted by molar-refractivity contribution is -0.255. The number of anilines is 1. The van der Waals surface area contributed by atoms with Gasteiger partial charge in [-0.05, 0) is 140 Å². The number of halogens is 1. The van der Waals surface area contributed by atoms with E-state index in [1.807, 2.05) is 43.3 Å². The summed E-state index contributed by atoms with van der Waals surface area (Å²) in [5.74, 6) is 0.145. The molecule has 6 aromatic carbocycles. The molecule has 13 heteroatoms. The number of carbonyl (C=O) groups excluding carboxylic acids is 4. The van der Waals surface area contributed by atoms with Crippen molar-refractivity contribution in [3.8, 4) is 17.2 Å². The maximum atomic E-state index is 14.2. The predicted molar refractivity (Wildman–Crippen MR) is 279 cm³/mol. The SMILES string of the molecule is COc1ccc2c(c1)c(CC(=O)NCc1ccc(CNC(=O)c3ccc(C(=O)[O-])c(C4=c5cc6c7c(c5Oc5c4cc4c8c5CCCN8CCC4)CCC[N+]=7CCC6)c3)cc1)c(C)n2C(=O)c1ccc(Cl)cc1. The number of fused-ring (bicyclic) bond motifs is 5. The quantitative estimate of drug-likeness (QED) is 0.134. The number of carboxylic acids is 1. The monoisotopic (exact) mass is 991 g/mol. The average molecular weight is 993 g/mol. The Bertz CT molecular complexity index is 3630. The molecular weight excluding hydrogens is 938 g/mol. The number of rotatable bonds is 11. The molecule has 0 saturated heterocycles. The van der Waals surface area contributed by atoms with E-state index in [1.54, 1.807) is 54.1 Å². The number of ether oxygens (including phenoxy) is 2. The fraction of sp³-hybridized carbons (Fsp3) is 0.283. The Morgan fingerprint density at radius 3 is 2.19 bits per heavy atom. The Morgan fingerprint density at radius 2 is 1.44 bits per heavy atom. The molecule has 12 nitrogen and oxygen atoms in total. The lowest BCUT2D eigenvalue weighted by atomic mass is 9.81. The van der Waals surface area contributed by atoms with E-state index < -0.39 is 5.97 Å². The Morgan fingerprint density at radius 1 is 0.740 bits per heavy atom. The third kappa shape index (κ3) is 8.21. The van der Waals surface area contributed by atoms with Crippen LogP contribution >= 0.6 is 11.6 Å². The van der Waals surface area contributed by atoms with E-state index in [2.05, 4.69) is 32.2 Å². The predicted octanol–water partition coefficient (Wildman–Crippen LogP) is 6.89. The summed E-state index contributed by atoms with van der Waals surface area (Å²) in [6, 6.07) is 29.1. The summed E-state index contributed by atoms with van der Waals surface area (Å²) < 4.78 is 16.8. The van der Waals surface area contributed by atoms with Crippen molar-refractivity contribution in [1.82, 2.24) is 19.8 Å². The van der Waals surface area contributed by atoms with Crippen molar-refractivity contribution in [2.75, 3.05) is 38.2 Å². The number of nitrogens with one attached hydrogen (secondary N) is 2. The summed E-state index contributed by atoms with van der Waals surface area (Å²) in [5, 5.41) is 22.7. The van der Waals surface area contributed by atoms with Crippen molar-refractivity contribution >= 4 is 57.5 Å². The summed E-state index contributed by atoms with van der Waals surface area (Å²) in [7, 11) is 1.58. The molecule has 0 unspecified atom stereocenters. The minimum Gasteiger partial charge on any atom is -0.545 e. The molecule has 368 valence electrons. The van der Waals surface area contributed by atoms with Gasteiger partial charge in [-0.3, -0.25) is 19.0 Å². The van der Waals surface area contributed by atoms with Gasteiger partial charge in [0.2, 0.25) is 11.3 Å². The lowest BCUT2D eigenvalue weighted by Crippen LogP contribution is -2.45. The zero-order chi connectivity index (χ0) is 50.1. The summed E-state index contributed by atoms with van der Waals surface area (Å²) in [6.07, 6.45) is 7.79. The number of hydrogen-bond acceptors (Lipinski definition) is 8. The first-order chi connectivity index (χ1) is 35.5. The maximum absolute atomic E-state index is 14.2. The zero-order valence-electron chi connectivity index (χ0n) is 40.9. The van der Waals surface area contributed by atoms with Crippen LogP contribution in [0.1, 0.15) is 113 Å². The van der Waals surface area contributed by atoms with Crippen LogP contribution in [0.5, 0.6) is 17.2 Å². The summed E-state index contributed by atoms with van der Waals surface area (Å²) in [6.45, 7) is 6.38. The van der Waals surface area contributed by atoms with Crippen LogP contribution in [-0.2, 0) is 50.0 Å². The molecule has 7 aromatic rings. The van der Waals surface area contributed by atoms with Crippen molar-refractivity contribution in [2.24, 2.45) is 0 Å². The smallest absolute Gasteiger partial charge is 0.262 e. The van der Waals surface area contributed by atoms with E-state index in [9.17, 15) is 24.3 Å². The number of methoxy groups -OCH3 is 1. The Kier molecular flexibility index (Phi) is 11.9. The highest BCUT2D eigenvalue weighted by Gasteiger charge is 2.36. The van der Waals surface area contributed by atoms with Gasteiger partial charge in [0.25, 0.3) is 11.8 Å². The van der Waals surface area contributed by atoms with Crippen LogP contribution in [0.2, 0.25) is 5.02 Å². The number of aromatic nitrogens is 1. The van der Waals surface area contributed by atoms with Gasteiger partial charge in [0.05, 0.1) is 30.6 Å².